The number of nitrogen functional groups attached to an aromatic ring is 1. The van der Waals surface area contributed by atoms with Crippen LogP contribution in [0.4, 0.5) is 11.6 Å². The van der Waals surface area contributed by atoms with Gasteiger partial charge in [-0.25, -0.2) is 10.9 Å². The Kier molecular flexibility index (Phi) is 6.26. The Balaban J connectivity index is 0.000001000. The maximum Gasteiger partial charge on any atom is 1.00 e. The molecule has 0 unspecified atom stereocenters. The van der Waals surface area contributed by atoms with Crippen LogP contribution >= 0.6 is 0 Å². The van der Waals surface area contributed by atoms with Gasteiger partial charge in [0.1, 0.15) is 5.82 Å². The van der Waals surface area contributed by atoms with Gasteiger partial charge in [-0.3, -0.25) is 0 Å². The summed E-state index contributed by atoms with van der Waals surface area (Å²) in [6, 6.07) is 3.43. The van der Waals surface area contributed by atoms with E-state index in [1.54, 1.807) is 19.2 Å². The summed E-state index contributed by atoms with van der Waals surface area (Å²) in [5, 5.41) is 11.2. The summed E-state index contributed by atoms with van der Waals surface area (Å²) in [5.74, 6) is 6.19. The molecule has 0 aliphatic rings. The van der Waals surface area contributed by atoms with E-state index in [2.05, 4.69) is 20.9 Å². The number of nitrogens with one attached hydrogen (secondary N) is 1. The maximum atomic E-state index is 5.06. The third kappa shape index (κ3) is 3.57. The SMILES string of the molecule is C[N-]c1ccc(NN)nn1.[Rb+]. The second kappa shape index (κ2) is 6.02. The van der Waals surface area contributed by atoms with Gasteiger partial charge in [-0.2, -0.15) is 0 Å². The summed E-state index contributed by atoms with van der Waals surface area (Å²) in [6.45, 7) is 0. The molecule has 3 N–H and O–H groups in total. The van der Waals surface area contributed by atoms with Crippen LogP contribution in [0.3, 0.4) is 0 Å². The Morgan fingerprint density at radius 3 is 2.55 bits per heavy atom. The number of hydrogen-bond donors (Lipinski definition) is 2. The standard InChI is InChI=1S/C5H8N5.Rb/c1-7-4-2-3-5(8-6)10-9-4;/h2-3H,6H2,1H3,(H-,7,8,9,10);/q-1;+1. The molecule has 0 amide bonds. The van der Waals surface area contributed by atoms with Crippen LogP contribution < -0.4 is 69.5 Å². The van der Waals surface area contributed by atoms with Crippen LogP contribution in [0.1, 0.15) is 0 Å². The fourth-order valence-corrected chi connectivity index (χ4v) is 0.521. The number of hydrazine groups is 1. The number of hydrogen-bond acceptors (Lipinski definition) is 4. The maximum absolute atomic E-state index is 5.06. The first-order valence-electron chi connectivity index (χ1n) is 2.77. The average molecular weight is 224 g/mol. The van der Waals surface area contributed by atoms with Gasteiger partial charge in [0.25, 0.3) is 0 Å². The zero-order chi connectivity index (χ0) is 7.40. The molecule has 1 rings (SSSR count). The minimum atomic E-state index is 0. The molecule has 11 heavy (non-hydrogen) atoms. The number of aromatic nitrogens is 2. The van der Waals surface area contributed by atoms with Crippen LogP contribution in [-0.4, -0.2) is 17.2 Å². The van der Waals surface area contributed by atoms with Crippen LogP contribution in [0.2, 0.25) is 0 Å². The average Bonchev–Trinajstić information content (AvgIpc) is 2.05. The fraction of sp³-hybridized carbons (Fsp3) is 0.200. The predicted octanol–water partition coefficient (Wildman–Crippen LogP) is -2.60. The van der Waals surface area contributed by atoms with Crippen molar-refractivity contribution in [2.75, 3.05) is 12.5 Å². The van der Waals surface area contributed by atoms with E-state index >= 15 is 0 Å². The smallest absolute Gasteiger partial charge is 0.468 e. The van der Waals surface area contributed by atoms with Gasteiger partial charge < -0.3 is 15.8 Å². The van der Waals surface area contributed by atoms with Crippen molar-refractivity contribution in [2.45, 2.75) is 0 Å². The first kappa shape index (κ1) is 11.4. The van der Waals surface area contributed by atoms with E-state index in [4.69, 9.17) is 5.84 Å². The van der Waals surface area contributed by atoms with Gasteiger partial charge in [0.05, 0.1) is 0 Å². The largest absolute Gasteiger partial charge is 1.00 e. The molecule has 0 radical (unpaired) electrons. The van der Waals surface area contributed by atoms with Gasteiger partial charge in [-0.05, 0) is 11.9 Å². The molecule has 6 heteroatoms. The third-order valence-electron chi connectivity index (χ3n) is 1.03. The molecule has 0 aliphatic carbocycles. The summed E-state index contributed by atoms with van der Waals surface area (Å²) in [5.41, 5.74) is 2.36. The predicted molar refractivity (Wildman–Crippen MR) is 38.8 cm³/mol. The molecule has 0 saturated carbocycles. The molecule has 0 aliphatic heterocycles. The van der Waals surface area contributed by atoms with Crippen LogP contribution in [0, 0.1) is 0 Å². The molecular formula is C5H8N5Rb. The zero-order valence-electron chi connectivity index (χ0n) is 6.57. The summed E-state index contributed by atoms with van der Waals surface area (Å²) in [7, 11) is 1.65. The minimum absolute atomic E-state index is 0. The summed E-state index contributed by atoms with van der Waals surface area (Å²) < 4.78 is 0. The van der Waals surface area contributed by atoms with E-state index in [1.165, 1.54) is 0 Å². The van der Waals surface area contributed by atoms with Gasteiger partial charge in [-0.15, -0.1) is 0 Å². The van der Waals surface area contributed by atoms with Gasteiger partial charge in [0.2, 0.25) is 0 Å². The van der Waals surface area contributed by atoms with Gasteiger partial charge >= 0.3 is 58.2 Å². The van der Waals surface area contributed by atoms with E-state index in [0.29, 0.717) is 11.6 Å². The molecule has 1 aromatic rings. The van der Waals surface area contributed by atoms with Gasteiger partial charge in [0, 0.05) is 0 Å². The topological polar surface area (TPSA) is 77.9 Å². The van der Waals surface area contributed by atoms with Crippen molar-refractivity contribution in [1.29, 1.82) is 0 Å². The second-order valence-corrected chi connectivity index (χ2v) is 1.64. The molecule has 0 aromatic carbocycles. The van der Waals surface area contributed by atoms with E-state index in [0.717, 1.165) is 0 Å². The second-order valence-electron chi connectivity index (χ2n) is 1.64. The number of nitrogens with two attached hydrogens (primary N) is 1. The molecule has 54 valence electrons. The molecule has 1 heterocycles. The molecule has 0 spiro atoms. The van der Waals surface area contributed by atoms with E-state index < -0.39 is 0 Å². The Morgan fingerprint density at radius 2 is 2.18 bits per heavy atom. The molecule has 0 fully saturated rings. The monoisotopic (exact) mass is 223 g/mol. The number of rotatable bonds is 2. The molecule has 0 saturated heterocycles. The number of nitrogens with zero attached hydrogens (tertiary/aromatic N) is 3. The van der Waals surface area contributed by atoms with Crippen molar-refractivity contribution in [3.05, 3.63) is 17.4 Å². The Hall–Kier alpha value is 0.445. The van der Waals surface area contributed by atoms with Crippen molar-refractivity contribution in [3.8, 4) is 0 Å². The van der Waals surface area contributed by atoms with Crippen LogP contribution in [0.5, 0.6) is 0 Å². The zero-order valence-corrected chi connectivity index (χ0v) is 11.5. The van der Waals surface area contributed by atoms with E-state index in [-0.39, 0.29) is 58.2 Å². The van der Waals surface area contributed by atoms with Crippen molar-refractivity contribution in [1.82, 2.24) is 10.2 Å². The van der Waals surface area contributed by atoms with E-state index in [9.17, 15) is 0 Å². The summed E-state index contributed by atoms with van der Waals surface area (Å²) >= 11 is 0. The van der Waals surface area contributed by atoms with Crippen LogP contribution in [0.25, 0.3) is 5.32 Å². The summed E-state index contributed by atoms with van der Waals surface area (Å²) in [6.07, 6.45) is 0. The van der Waals surface area contributed by atoms with E-state index in [1.807, 2.05) is 0 Å². The molecule has 1 aromatic heterocycles. The summed E-state index contributed by atoms with van der Waals surface area (Å²) in [4.78, 5) is 0. The first-order valence-corrected chi connectivity index (χ1v) is 2.77. The quantitative estimate of drug-likeness (QED) is 0.426. The van der Waals surface area contributed by atoms with Gasteiger partial charge in [-0.1, -0.05) is 13.1 Å². The number of anilines is 1. The van der Waals surface area contributed by atoms with Crippen molar-refractivity contribution in [3.63, 3.8) is 0 Å². The molecule has 0 bridgehead atoms. The van der Waals surface area contributed by atoms with Crippen molar-refractivity contribution < 1.29 is 58.2 Å². The van der Waals surface area contributed by atoms with Crippen LogP contribution in [-0.2, 0) is 0 Å². The Labute approximate surface area is 114 Å². The Morgan fingerprint density at radius 1 is 1.45 bits per heavy atom. The normalized spacial score (nSPS) is 8.18. The molecular weight excluding hydrogens is 216 g/mol. The minimum Gasteiger partial charge on any atom is -0.468 e. The van der Waals surface area contributed by atoms with Crippen LogP contribution in [0.15, 0.2) is 12.1 Å². The van der Waals surface area contributed by atoms with Gasteiger partial charge in [0.15, 0.2) is 0 Å². The molecule has 5 nitrogen and oxygen atoms in total. The van der Waals surface area contributed by atoms with Crippen molar-refractivity contribution >= 4 is 11.6 Å². The molecule has 0 atom stereocenters. The Bertz CT molecular complexity index is 176. The fourth-order valence-electron chi connectivity index (χ4n) is 0.521. The third-order valence-corrected chi connectivity index (χ3v) is 1.03. The first-order chi connectivity index (χ1) is 4.86. The van der Waals surface area contributed by atoms with Crippen molar-refractivity contribution in [2.24, 2.45) is 5.84 Å².